The maximum Gasteiger partial charge on any atom is 0.421 e. The van der Waals surface area contributed by atoms with Crippen LogP contribution in [0.1, 0.15) is 33.6 Å². The monoisotopic (exact) mass is 274 g/mol. The number of carbonyl (C=O) groups excluding carboxylic acids is 4. The van der Waals surface area contributed by atoms with Gasteiger partial charge in [-0.25, -0.2) is 4.79 Å². The fourth-order valence-electron chi connectivity index (χ4n) is 1.85. The van der Waals surface area contributed by atoms with Crippen LogP contribution in [0.2, 0.25) is 0 Å². The van der Waals surface area contributed by atoms with Gasteiger partial charge in [0.1, 0.15) is 0 Å². The molecule has 1 saturated carbocycles. The van der Waals surface area contributed by atoms with Crippen molar-refractivity contribution in [2.75, 3.05) is 0 Å². The summed E-state index contributed by atoms with van der Waals surface area (Å²) in [6.07, 6.45) is 1.62. The zero-order chi connectivity index (χ0) is 14.3. The Balaban J connectivity index is 1.72. The molecule has 1 N–H and O–H groups in total. The summed E-state index contributed by atoms with van der Waals surface area (Å²) in [7, 11) is 0. The van der Waals surface area contributed by atoms with Crippen molar-refractivity contribution in [2.24, 2.45) is 0 Å². The molecule has 1 aliphatic heterocycles. The lowest BCUT2D eigenvalue weighted by Crippen LogP contribution is -2.40. The van der Waals surface area contributed by atoms with Crippen molar-refractivity contribution in [1.82, 2.24) is 10.4 Å². The summed E-state index contributed by atoms with van der Waals surface area (Å²) in [6, 6.07) is 6.07. The van der Waals surface area contributed by atoms with E-state index in [4.69, 9.17) is 0 Å². The molecule has 3 rings (SSSR count). The molecule has 102 valence electrons. The van der Waals surface area contributed by atoms with Gasteiger partial charge in [0.05, 0.1) is 11.1 Å². The molecule has 1 fully saturated rings. The minimum Gasteiger partial charge on any atom is -0.344 e. The summed E-state index contributed by atoms with van der Waals surface area (Å²) in [5.74, 6) is -3.73. The van der Waals surface area contributed by atoms with E-state index in [0.717, 1.165) is 12.8 Å². The summed E-state index contributed by atoms with van der Waals surface area (Å²) in [5, 5.41) is 2.73. The van der Waals surface area contributed by atoms with E-state index in [1.807, 2.05) is 0 Å². The third-order valence-electron chi connectivity index (χ3n) is 3.03. The van der Waals surface area contributed by atoms with Crippen LogP contribution in [0.25, 0.3) is 0 Å². The molecule has 7 heteroatoms. The van der Waals surface area contributed by atoms with Crippen molar-refractivity contribution in [1.29, 1.82) is 0 Å². The van der Waals surface area contributed by atoms with Crippen molar-refractivity contribution in [2.45, 2.75) is 18.9 Å². The maximum absolute atomic E-state index is 11.9. The smallest absolute Gasteiger partial charge is 0.344 e. The molecule has 0 saturated heterocycles. The Hall–Kier alpha value is -2.70. The van der Waals surface area contributed by atoms with Crippen LogP contribution in [0.4, 0.5) is 0 Å². The number of nitrogens with one attached hydrogen (secondary N) is 1. The first-order valence-electron chi connectivity index (χ1n) is 6.08. The first kappa shape index (κ1) is 12.3. The highest BCUT2D eigenvalue weighted by atomic mass is 16.7. The number of rotatable bonds is 2. The van der Waals surface area contributed by atoms with Gasteiger partial charge in [0, 0.05) is 6.04 Å². The summed E-state index contributed by atoms with van der Waals surface area (Å²) < 4.78 is 0. The zero-order valence-electron chi connectivity index (χ0n) is 10.3. The molecule has 2 aliphatic rings. The molecule has 1 aromatic rings. The Labute approximate surface area is 113 Å². The Morgan fingerprint density at radius 3 is 2.15 bits per heavy atom. The Morgan fingerprint density at radius 1 is 1.10 bits per heavy atom. The topological polar surface area (TPSA) is 92.8 Å². The van der Waals surface area contributed by atoms with Gasteiger partial charge in [-0.15, -0.1) is 0 Å². The second-order valence-corrected chi connectivity index (χ2v) is 4.58. The molecule has 0 atom stereocenters. The molecule has 7 nitrogen and oxygen atoms in total. The van der Waals surface area contributed by atoms with Gasteiger partial charge >= 0.3 is 11.9 Å². The van der Waals surface area contributed by atoms with Gasteiger partial charge in [-0.2, -0.15) is 0 Å². The van der Waals surface area contributed by atoms with E-state index in [1.54, 1.807) is 12.1 Å². The number of hydrogen-bond donors (Lipinski definition) is 1. The minimum atomic E-state index is -1.27. The van der Waals surface area contributed by atoms with Crippen molar-refractivity contribution in [3.8, 4) is 0 Å². The average molecular weight is 274 g/mol. The van der Waals surface area contributed by atoms with Crippen molar-refractivity contribution >= 4 is 23.7 Å². The van der Waals surface area contributed by atoms with Crippen LogP contribution in [-0.2, 0) is 14.4 Å². The normalized spacial score (nSPS) is 16.9. The third-order valence-corrected chi connectivity index (χ3v) is 3.03. The van der Waals surface area contributed by atoms with Gasteiger partial charge in [-0.3, -0.25) is 14.4 Å². The number of benzene rings is 1. The summed E-state index contributed by atoms with van der Waals surface area (Å²) in [5.41, 5.74) is 0.292. The van der Waals surface area contributed by atoms with Gasteiger partial charge < -0.3 is 10.2 Å². The number of imide groups is 1. The number of hydrogen-bond acceptors (Lipinski definition) is 5. The van der Waals surface area contributed by atoms with Crippen LogP contribution in [0.3, 0.4) is 0 Å². The Kier molecular flexibility index (Phi) is 2.74. The molecular weight excluding hydrogens is 264 g/mol. The van der Waals surface area contributed by atoms with E-state index in [-0.39, 0.29) is 17.2 Å². The standard InChI is InChI=1S/C13H10N2O5/c16-10(14-7-5-6-7)13(19)20-15-11(17)8-3-1-2-4-9(8)12(15)18/h1-4,7H,5-6H2,(H,14,16). The number of nitrogens with zero attached hydrogens (tertiary/aromatic N) is 1. The highest BCUT2D eigenvalue weighted by molar-refractivity contribution is 6.33. The van der Waals surface area contributed by atoms with Gasteiger partial charge in [-0.05, 0) is 25.0 Å². The van der Waals surface area contributed by atoms with E-state index in [0.29, 0.717) is 5.06 Å². The molecule has 1 aliphatic carbocycles. The zero-order valence-corrected chi connectivity index (χ0v) is 10.3. The molecule has 1 aromatic carbocycles. The van der Waals surface area contributed by atoms with E-state index in [9.17, 15) is 19.2 Å². The highest BCUT2D eigenvalue weighted by Crippen LogP contribution is 2.23. The van der Waals surface area contributed by atoms with Crippen LogP contribution in [0, 0.1) is 0 Å². The van der Waals surface area contributed by atoms with E-state index in [2.05, 4.69) is 10.2 Å². The van der Waals surface area contributed by atoms with Crippen LogP contribution < -0.4 is 5.32 Å². The lowest BCUT2D eigenvalue weighted by molar-refractivity contribution is -0.173. The maximum atomic E-state index is 11.9. The molecule has 0 bridgehead atoms. The first-order valence-corrected chi connectivity index (χ1v) is 6.08. The summed E-state index contributed by atoms with van der Waals surface area (Å²) in [6.45, 7) is 0. The largest absolute Gasteiger partial charge is 0.421 e. The van der Waals surface area contributed by atoms with Crippen LogP contribution in [0.5, 0.6) is 0 Å². The molecule has 1 heterocycles. The highest BCUT2D eigenvalue weighted by Gasteiger charge is 2.40. The predicted molar refractivity (Wildman–Crippen MR) is 64.2 cm³/mol. The summed E-state index contributed by atoms with van der Waals surface area (Å²) in [4.78, 5) is 51.3. The lowest BCUT2D eigenvalue weighted by Gasteiger charge is -2.12. The third kappa shape index (κ3) is 2.03. The number of hydroxylamine groups is 2. The van der Waals surface area contributed by atoms with E-state index in [1.165, 1.54) is 12.1 Å². The second kappa shape index (κ2) is 4.44. The molecule has 0 aromatic heterocycles. The van der Waals surface area contributed by atoms with Gasteiger partial charge in [0.25, 0.3) is 11.8 Å². The fraction of sp³-hybridized carbons (Fsp3) is 0.231. The van der Waals surface area contributed by atoms with Gasteiger partial charge in [0.2, 0.25) is 0 Å². The average Bonchev–Trinajstić information content (AvgIpc) is 3.23. The Bertz CT molecular complexity index is 600. The summed E-state index contributed by atoms with van der Waals surface area (Å²) >= 11 is 0. The second-order valence-electron chi connectivity index (χ2n) is 4.58. The van der Waals surface area contributed by atoms with E-state index >= 15 is 0 Å². The first-order chi connectivity index (χ1) is 9.58. The van der Waals surface area contributed by atoms with Crippen molar-refractivity contribution < 1.29 is 24.0 Å². The number of fused-ring (bicyclic) bond motifs is 1. The molecule has 3 amide bonds. The Morgan fingerprint density at radius 2 is 1.65 bits per heavy atom. The predicted octanol–water partition coefficient (Wildman–Crippen LogP) is 0.0194. The van der Waals surface area contributed by atoms with Crippen molar-refractivity contribution in [3.05, 3.63) is 35.4 Å². The number of carbonyl (C=O) groups is 4. The van der Waals surface area contributed by atoms with Crippen molar-refractivity contribution in [3.63, 3.8) is 0 Å². The van der Waals surface area contributed by atoms with E-state index < -0.39 is 23.7 Å². The van der Waals surface area contributed by atoms with Gasteiger partial charge in [-0.1, -0.05) is 17.2 Å². The minimum absolute atomic E-state index is 0.0165. The molecule has 0 radical (unpaired) electrons. The van der Waals surface area contributed by atoms with Crippen LogP contribution in [-0.4, -0.2) is 34.8 Å². The quantitative estimate of drug-likeness (QED) is 0.606. The number of amides is 3. The molecule has 20 heavy (non-hydrogen) atoms. The molecular formula is C13H10N2O5. The lowest BCUT2D eigenvalue weighted by atomic mass is 10.1. The van der Waals surface area contributed by atoms with Gasteiger partial charge in [0.15, 0.2) is 0 Å². The fourth-order valence-corrected chi connectivity index (χ4v) is 1.85. The van der Waals surface area contributed by atoms with Crippen LogP contribution >= 0.6 is 0 Å². The SMILES string of the molecule is O=C(NC1CC1)C(=O)ON1C(=O)c2ccccc2C1=O. The van der Waals surface area contributed by atoms with Crippen LogP contribution in [0.15, 0.2) is 24.3 Å². The molecule has 0 spiro atoms. The molecule has 0 unspecified atom stereocenters.